The molecule has 0 saturated heterocycles. The highest BCUT2D eigenvalue weighted by molar-refractivity contribution is 5.69. The molecule has 1 N–H and O–H groups in total. The van der Waals surface area contributed by atoms with E-state index in [4.69, 9.17) is 4.74 Å². The molecule has 1 amide bonds. The molecule has 0 aromatic heterocycles. The topological polar surface area (TPSA) is 41.6 Å². The van der Waals surface area contributed by atoms with E-state index in [1.807, 2.05) is 41.5 Å². The molecule has 0 bridgehead atoms. The minimum absolute atomic E-state index is 0.0531. The third-order valence-corrected chi connectivity index (χ3v) is 2.41. The Hall–Kier alpha value is -0.770. The molecule has 0 unspecified atom stereocenters. The van der Waals surface area contributed by atoms with Crippen LogP contribution in [0.5, 0.6) is 0 Å². The van der Waals surface area contributed by atoms with Gasteiger partial charge in [-0.1, -0.05) is 0 Å². The van der Waals surface area contributed by atoms with Crippen LogP contribution < -0.4 is 5.32 Å². The maximum Gasteiger partial charge on any atom is 0.410 e. The van der Waals surface area contributed by atoms with Crippen molar-refractivity contribution in [3.8, 4) is 0 Å². The lowest BCUT2D eigenvalue weighted by Gasteiger charge is -2.37. The van der Waals surface area contributed by atoms with Crippen LogP contribution in [-0.2, 0) is 4.74 Å². The fourth-order valence-electron chi connectivity index (χ4n) is 1.56. The number of nitrogens with zero attached hydrogens (tertiary/aromatic N) is 1. The fraction of sp³-hybridized carbons (Fsp3) is 0.933. The zero-order valence-corrected chi connectivity index (χ0v) is 14.2. The van der Waals surface area contributed by atoms with Crippen LogP contribution in [0, 0.1) is 0 Å². The lowest BCUT2D eigenvalue weighted by molar-refractivity contribution is 0.00623. The molecule has 0 fully saturated rings. The highest BCUT2D eigenvalue weighted by Crippen LogP contribution is 2.18. The normalized spacial score (nSPS) is 13.3. The van der Waals surface area contributed by atoms with Gasteiger partial charge in [-0.15, -0.1) is 0 Å². The van der Waals surface area contributed by atoms with E-state index in [-0.39, 0.29) is 17.2 Å². The minimum Gasteiger partial charge on any atom is -0.444 e. The molecule has 0 aromatic carbocycles. The molecule has 0 radical (unpaired) electrons. The maximum absolute atomic E-state index is 12.2. The smallest absolute Gasteiger partial charge is 0.410 e. The van der Waals surface area contributed by atoms with E-state index in [0.29, 0.717) is 6.54 Å². The van der Waals surface area contributed by atoms with E-state index >= 15 is 0 Å². The standard InChI is InChI=1S/C15H32N2O2/c1-13(2,3)16-10-11-17(14(4,5)6)12(18)19-15(7,8)9/h16H,10-11H2,1-9H3. The van der Waals surface area contributed by atoms with Crippen molar-refractivity contribution in [1.82, 2.24) is 10.2 Å². The van der Waals surface area contributed by atoms with E-state index in [1.165, 1.54) is 0 Å². The summed E-state index contributed by atoms with van der Waals surface area (Å²) in [4.78, 5) is 14.0. The molecule has 114 valence electrons. The largest absolute Gasteiger partial charge is 0.444 e. The lowest BCUT2D eigenvalue weighted by Crippen LogP contribution is -2.51. The zero-order chi connectivity index (χ0) is 15.5. The van der Waals surface area contributed by atoms with Gasteiger partial charge in [0, 0.05) is 24.2 Å². The molecule has 4 nitrogen and oxygen atoms in total. The van der Waals surface area contributed by atoms with Crippen LogP contribution in [0.15, 0.2) is 0 Å². The molecule has 0 aliphatic rings. The zero-order valence-electron chi connectivity index (χ0n) is 14.2. The van der Waals surface area contributed by atoms with Gasteiger partial charge in [-0.05, 0) is 62.3 Å². The molecular formula is C15H32N2O2. The second-order valence-corrected chi connectivity index (χ2v) is 7.98. The number of amides is 1. The number of rotatable bonds is 3. The number of ether oxygens (including phenoxy) is 1. The van der Waals surface area contributed by atoms with Gasteiger partial charge in [-0.25, -0.2) is 4.79 Å². The number of carbonyl (C=O) groups is 1. The highest BCUT2D eigenvalue weighted by atomic mass is 16.6. The first-order chi connectivity index (χ1) is 8.22. The van der Waals surface area contributed by atoms with Crippen molar-refractivity contribution >= 4 is 6.09 Å². The summed E-state index contributed by atoms with van der Waals surface area (Å²) in [5.74, 6) is 0. The third-order valence-electron chi connectivity index (χ3n) is 2.41. The van der Waals surface area contributed by atoms with Gasteiger partial charge in [0.05, 0.1) is 0 Å². The Morgan fingerprint density at radius 3 is 1.79 bits per heavy atom. The van der Waals surface area contributed by atoms with Crippen molar-refractivity contribution in [2.75, 3.05) is 13.1 Å². The summed E-state index contributed by atoms with van der Waals surface area (Å²) in [6, 6.07) is 0. The van der Waals surface area contributed by atoms with Gasteiger partial charge in [0.15, 0.2) is 0 Å². The summed E-state index contributed by atoms with van der Waals surface area (Å²) in [6.07, 6.45) is -0.254. The molecule has 0 atom stereocenters. The van der Waals surface area contributed by atoms with Gasteiger partial charge in [0.2, 0.25) is 0 Å². The van der Waals surface area contributed by atoms with Gasteiger partial charge in [0.1, 0.15) is 5.60 Å². The van der Waals surface area contributed by atoms with Crippen molar-refractivity contribution in [2.24, 2.45) is 0 Å². The van der Waals surface area contributed by atoms with E-state index in [2.05, 4.69) is 26.1 Å². The summed E-state index contributed by atoms with van der Waals surface area (Å²) in [6.45, 7) is 19.5. The van der Waals surface area contributed by atoms with Gasteiger partial charge < -0.3 is 15.0 Å². The Morgan fingerprint density at radius 1 is 1.00 bits per heavy atom. The van der Waals surface area contributed by atoms with Crippen LogP contribution >= 0.6 is 0 Å². The lowest BCUT2D eigenvalue weighted by atomic mass is 10.1. The quantitative estimate of drug-likeness (QED) is 0.856. The van der Waals surface area contributed by atoms with E-state index in [0.717, 1.165) is 6.54 Å². The Balaban J connectivity index is 4.62. The second kappa shape index (κ2) is 6.12. The highest BCUT2D eigenvalue weighted by Gasteiger charge is 2.30. The SMILES string of the molecule is CC(C)(C)NCCN(C(=O)OC(C)(C)C)C(C)(C)C. The second-order valence-electron chi connectivity index (χ2n) is 7.98. The summed E-state index contributed by atoms with van der Waals surface area (Å²) in [5.41, 5.74) is -0.655. The van der Waals surface area contributed by atoms with Crippen LogP contribution in [0.3, 0.4) is 0 Å². The molecule has 19 heavy (non-hydrogen) atoms. The minimum atomic E-state index is -0.460. The molecule has 0 spiro atoms. The first-order valence-corrected chi connectivity index (χ1v) is 6.98. The molecule has 0 saturated carbocycles. The number of hydrogen-bond acceptors (Lipinski definition) is 3. The molecule has 4 heteroatoms. The van der Waals surface area contributed by atoms with Crippen LogP contribution in [-0.4, -0.2) is 40.8 Å². The molecule has 0 rings (SSSR count). The Kier molecular flexibility index (Phi) is 5.87. The number of hydrogen-bond donors (Lipinski definition) is 1. The van der Waals surface area contributed by atoms with E-state index in [9.17, 15) is 4.79 Å². The van der Waals surface area contributed by atoms with Crippen molar-refractivity contribution in [3.63, 3.8) is 0 Å². The Morgan fingerprint density at radius 2 is 1.47 bits per heavy atom. The van der Waals surface area contributed by atoms with E-state index < -0.39 is 5.60 Å². The van der Waals surface area contributed by atoms with Crippen molar-refractivity contribution in [3.05, 3.63) is 0 Å². The Bertz CT molecular complexity index is 293. The van der Waals surface area contributed by atoms with Gasteiger partial charge in [-0.3, -0.25) is 0 Å². The van der Waals surface area contributed by atoms with Gasteiger partial charge >= 0.3 is 6.09 Å². The van der Waals surface area contributed by atoms with E-state index in [1.54, 1.807) is 4.90 Å². The van der Waals surface area contributed by atoms with Gasteiger partial charge in [-0.2, -0.15) is 0 Å². The van der Waals surface area contributed by atoms with Crippen molar-refractivity contribution < 1.29 is 9.53 Å². The molecule has 0 aliphatic heterocycles. The van der Waals surface area contributed by atoms with Crippen molar-refractivity contribution in [1.29, 1.82) is 0 Å². The molecule has 0 heterocycles. The summed E-state index contributed by atoms with van der Waals surface area (Å²) in [5, 5.41) is 3.39. The number of nitrogens with one attached hydrogen (secondary N) is 1. The van der Waals surface area contributed by atoms with Crippen LogP contribution in [0.25, 0.3) is 0 Å². The predicted octanol–water partition coefficient (Wildman–Crippen LogP) is 3.41. The van der Waals surface area contributed by atoms with Gasteiger partial charge in [0.25, 0.3) is 0 Å². The fourth-order valence-corrected chi connectivity index (χ4v) is 1.56. The molecular weight excluding hydrogens is 240 g/mol. The average molecular weight is 272 g/mol. The summed E-state index contributed by atoms with van der Waals surface area (Å²) in [7, 11) is 0. The summed E-state index contributed by atoms with van der Waals surface area (Å²) < 4.78 is 5.47. The monoisotopic (exact) mass is 272 g/mol. The Labute approximate surface area is 118 Å². The van der Waals surface area contributed by atoms with Crippen LogP contribution in [0.2, 0.25) is 0 Å². The van der Waals surface area contributed by atoms with Crippen LogP contribution in [0.4, 0.5) is 4.79 Å². The first kappa shape index (κ1) is 18.2. The predicted molar refractivity (Wildman–Crippen MR) is 80.4 cm³/mol. The van der Waals surface area contributed by atoms with Crippen molar-refractivity contribution in [2.45, 2.75) is 79.0 Å². The average Bonchev–Trinajstić information content (AvgIpc) is 2.04. The summed E-state index contributed by atoms with van der Waals surface area (Å²) >= 11 is 0. The third kappa shape index (κ3) is 8.87. The first-order valence-electron chi connectivity index (χ1n) is 6.98. The number of carbonyl (C=O) groups excluding carboxylic acids is 1. The molecule has 0 aromatic rings. The van der Waals surface area contributed by atoms with Crippen LogP contribution in [0.1, 0.15) is 62.3 Å². The maximum atomic E-state index is 12.2. The molecule has 0 aliphatic carbocycles.